The highest BCUT2D eigenvalue weighted by Crippen LogP contribution is 2.35. The van der Waals surface area contributed by atoms with Crippen molar-refractivity contribution in [3.8, 4) is 0 Å². The van der Waals surface area contributed by atoms with Crippen molar-refractivity contribution in [2.75, 3.05) is 25.0 Å². The number of pyridine rings is 2. The molecule has 11 nitrogen and oxygen atoms in total. The third-order valence-electron chi connectivity index (χ3n) is 5.90. The van der Waals surface area contributed by atoms with Gasteiger partial charge in [0.05, 0.1) is 18.4 Å². The first kappa shape index (κ1) is 38.8. The van der Waals surface area contributed by atoms with Crippen LogP contribution in [0.2, 0.25) is 0 Å². The lowest BCUT2D eigenvalue weighted by molar-refractivity contribution is -0.193. The van der Waals surface area contributed by atoms with Crippen molar-refractivity contribution in [1.29, 1.82) is 0 Å². The number of hydrogen-bond acceptors (Lipinski definition) is 8. The highest BCUT2D eigenvalue weighted by Gasteiger charge is 2.42. The van der Waals surface area contributed by atoms with Crippen molar-refractivity contribution in [1.82, 2.24) is 14.9 Å². The Morgan fingerprint density at radius 3 is 1.73 bits per heavy atom. The van der Waals surface area contributed by atoms with Gasteiger partial charge >= 0.3 is 36.4 Å². The highest BCUT2D eigenvalue weighted by molar-refractivity contribution is 5.73. The molecule has 0 amide bonds. The molecule has 1 saturated carbocycles. The molecule has 2 aliphatic rings. The third kappa shape index (κ3) is 14.9. The summed E-state index contributed by atoms with van der Waals surface area (Å²) in [5, 5.41) is 24.9. The van der Waals surface area contributed by atoms with Crippen LogP contribution < -0.4 is 5.32 Å². The van der Waals surface area contributed by atoms with E-state index < -0.39 is 36.4 Å². The maximum absolute atomic E-state index is 10.6. The van der Waals surface area contributed by atoms with E-state index in [0.29, 0.717) is 18.1 Å². The number of hydrogen-bond donors (Lipinski definition) is 4. The molecule has 4 N–H and O–H groups in total. The molecule has 0 aromatic carbocycles. The highest BCUT2D eigenvalue weighted by atomic mass is 19.4. The predicted octanol–water partition coefficient (Wildman–Crippen LogP) is 4.47. The minimum absolute atomic E-state index is 0.333. The minimum Gasteiger partial charge on any atom is -0.475 e. The predicted molar refractivity (Wildman–Crippen MR) is 135 cm³/mol. The summed E-state index contributed by atoms with van der Waals surface area (Å²) in [4.78, 5) is 37.7. The third-order valence-corrected chi connectivity index (χ3v) is 5.90. The van der Waals surface area contributed by atoms with Gasteiger partial charge in [0.15, 0.2) is 0 Å². The van der Waals surface area contributed by atoms with Crippen LogP contribution >= 0.6 is 0 Å². The van der Waals surface area contributed by atoms with Crippen molar-refractivity contribution in [3.63, 3.8) is 0 Å². The lowest BCUT2D eigenvalue weighted by Gasteiger charge is -2.39. The maximum atomic E-state index is 10.6. The first-order valence-corrected chi connectivity index (χ1v) is 12.5. The van der Waals surface area contributed by atoms with Gasteiger partial charge in [0.1, 0.15) is 0 Å². The summed E-state index contributed by atoms with van der Waals surface area (Å²) in [7, 11) is 0. The fraction of sp³-hybridized carbons (Fsp3) is 0.480. The molecule has 45 heavy (non-hydrogen) atoms. The van der Waals surface area contributed by atoms with Gasteiger partial charge in [-0.1, -0.05) is 6.07 Å². The molecule has 20 heteroatoms. The second-order valence-electron chi connectivity index (χ2n) is 9.10. The molecule has 0 spiro atoms. The Morgan fingerprint density at radius 2 is 1.31 bits per heavy atom. The van der Waals surface area contributed by atoms with E-state index in [1.54, 1.807) is 6.20 Å². The average molecular weight is 666 g/mol. The number of rotatable bonds is 5. The van der Waals surface area contributed by atoms with Crippen LogP contribution in [0.15, 0.2) is 49.1 Å². The Kier molecular flexibility index (Phi) is 15.0. The Hall–Kier alpha value is -4.20. The Balaban J connectivity index is 0.000000396. The van der Waals surface area contributed by atoms with Gasteiger partial charge in [-0.2, -0.15) is 39.5 Å². The number of anilines is 1. The molecule has 3 atom stereocenters. The number of halogens is 9. The summed E-state index contributed by atoms with van der Waals surface area (Å²) in [5.74, 6) is -7.71. The molecule has 3 heterocycles. The summed E-state index contributed by atoms with van der Waals surface area (Å²) in [6, 6.07) is 8.73. The Bertz CT molecular complexity index is 1140. The van der Waals surface area contributed by atoms with E-state index in [-0.39, 0.29) is 0 Å². The summed E-state index contributed by atoms with van der Waals surface area (Å²) in [6.45, 7) is 3.76. The van der Waals surface area contributed by atoms with E-state index in [9.17, 15) is 39.5 Å². The van der Waals surface area contributed by atoms with Gasteiger partial charge in [0.2, 0.25) is 0 Å². The number of nitrogens with one attached hydrogen (secondary N) is 1. The van der Waals surface area contributed by atoms with Crippen molar-refractivity contribution in [2.24, 2.45) is 5.92 Å². The standard InChI is InChI=1S/C19H24N4O.3C2HF3O2/c1-3-15(11-20-7-1)14-23-9-10-24-19-16(5-6-18(19)23)12-22-17-4-2-8-21-13-17;3*3-2(4,5)1(6)7/h1-4,7-8,11,13,16,18-19,22H,5-6,9-10,12,14H2;3*(H,6,7). The molecule has 2 fully saturated rings. The number of nitrogens with zero attached hydrogens (tertiary/aromatic N) is 3. The average Bonchev–Trinajstić information content (AvgIpc) is 3.37. The van der Waals surface area contributed by atoms with Crippen molar-refractivity contribution < 1.29 is 74.0 Å². The van der Waals surface area contributed by atoms with Crippen LogP contribution in [0.5, 0.6) is 0 Å². The summed E-state index contributed by atoms with van der Waals surface area (Å²) in [6.07, 6.45) is -5.00. The van der Waals surface area contributed by atoms with E-state index in [4.69, 9.17) is 34.4 Å². The molecule has 1 aliphatic heterocycles. The van der Waals surface area contributed by atoms with Gasteiger partial charge in [0, 0.05) is 56.4 Å². The normalized spacial score (nSPS) is 19.6. The van der Waals surface area contributed by atoms with Crippen LogP contribution in [0.1, 0.15) is 18.4 Å². The molecule has 1 aliphatic carbocycles. The number of aliphatic carboxylic acids is 3. The lowest BCUT2D eigenvalue weighted by atomic mass is 10.0. The van der Waals surface area contributed by atoms with Crippen molar-refractivity contribution in [3.05, 3.63) is 54.6 Å². The topological polar surface area (TPSA) is 162 Å². The van der Waals surface area contributed by atoms with E-state index in [2.05, 4.69) is 32.3 Å². The number of alkyl halides is 9. The summed E-state index contributed by atoms with van der Waals surface area (Å²) in [5.41, 5.74) is 2.37. The fourth-order valence-corrected chi connectivity index (χ4v) is 3.99. The second-order valence-corrected chi connectivity index (χ2v) is 9.10. The van der Waals surface area contributed by atoms with Gasteiger partial charge in [-0.05, 0) is 36.6 Å². The van der Waals surface area contributed by atoms with Gasteiger partial charge < -0.3 is 25.4 Å². The first-order chi connectivity index (χ1) is 20.7. The Labute approximate surface area is 248 Å². The van der Waals surface area contributed by atoms with Crippen LogP contribution in [-0.4, -0.2) is 98.5 Å². The number of aromatic nitrogens is 2. The first-order valence-electron chi connectivity index (χ1n) is 12.5. The quantitative estimate of drug-likeness (QED) is 0.333. The van der Waals surface area contributed by atoms with E-state index >= 15 is 0 Å². The molecule has 0 radical (unpaired) electrons. The number of carbonyl (C=O) groups is 3. The number of morpholine rings is 1. The van der Waals surface area contributed by atoms with Gasteiger partial charge in [0.25, 0.3) is 0 Å². The number of carboxylic acids is 3. The summed E-state index contributed by atoms with van der Waals surface area (Å²) < 4.78 is 101. The second kappa shape index (κ2) is 17.3. The number of fused-ring (bicyclic) bond motifs is 1. The molecular weight excluding hydrogens is 639 g/mol. The Morgan fingerprint density at radius 1 is 0.822 bits per heavy atom. The van der Waals surface area contributed by atoms with E-state index in [1.807, 2.05) is 30.7 Å². The molecular formula is C25H27F9N4O7. The van der Waals surface area contributed by atoms with Crippen LogP contribution in [0.4, 0.5) is 45.2 Å². The molecule has 2 aromatic rings. The monoisotopic (exact) mass is 666 g/mol. The van der Waals surface area contributed by atoms with E-state index in [1.165, 1.54) is 18.4 Å². The molecule has 3 unspecified atom stereocenters. The molecule has 2 aromatic heterocycles. The zero-order chi connectivity index (χ0) is 34.4. The zero-order valence-corrected chi connectivity index (χ0v) is 22.8. The minimum atomic E-state index is -5.08. The maximum Gasteiger partial charge on any atom is 0.490 e. The van der Waals surface area contributed by atoms with Gasteiger partial charge in [-0.15, -0.1) is 0 Å². The number of carboxylic acid groups (broad SMARTS) is 3. The van der Waals surface area contributed by atoms with Crippen LogP contribution in [-0.2, 0) is 25.7 Å². The van der Waals surface area contributed by atoms with Crippen LogP contribution in [0.25, 0.3) is 0 Å². The van der Waals surface area contributed by atoms with Gasteiger partial charge in [-0.25, -0.2) is 14.4 Å². The molecule has 0 bridgehead atoms. The van der Waals surface area contributed by atoms with Crippen molar-refractivity contribution >= 4 is 23.6 Å². The fourth-order valence-electron chi connectivity index (χ4n) is 3.99. The van der Waals surface area contributed by atoms with Crippen LogP contribution in [0, 0.1) is 5.92 Å². The summed E-state index contributed by atoms with van der Waals surface area (Å²) >= 11 is 0. The van der Waals surface area contributed by atoms with Gasteiger partial charge in [-0.3, -0.25) is 14.9 Å². The lowest BCUT2D eigenvalue weighted by Crippen LogP contribution is -2.50. The smallest absolute Gasteiger partial charge is 0.475 e. The molecule has 4 rings (SSSR count). The SMILES string of the molecule is O=C(O)C(F)(F)F.O=C(O)C(F)(F)F.O=C(O)C(F)(F)F.c1cncc(CN2CCOC3C(CNc4cccnc4)CCC32)c1. The molecule has 1 saturated heterocycles. The van der Waals surface area contributed by atoms with Crippen LogP contribution in [0.3, 0.4) is 0 Å². The zero-order valence-electron chi connectivity index (χ0n) is 22.8. The van der Waals surface area contributed by atoms with E-state index in [0.717, 1.165) is 31.9 Å². The largest absolute Gasteiger partial charge is 0.490 e. The number of ether oxygens (including phenoxy) is 1. The van der Waals surface area contributed by atoms with Crippen molar-refractivity contribution in [2.45, 2.75) is 50.1 Å². The molecule has 252 valence electrons.